The molecule has 0 aromatic carbocycles. The van der Waals surface area contributed by atoms with Gasteiger partial charge in [-0.15, -0.1) is 0 Å². The van der Waals surface area contributed by atoms with E-state index in [9.17, 15) is 9.90 Å². The molecule has 2 atom stereocenters. The first-order chi connectivity index (χ1) is 9.94. The molecular weight excluding hydrogens is 264 g/mol. The van der Waals surface area contributed by atoms with Crippen LogP contribution in [0.4, 0.5) is 0 Å². The van der Waals surface area contributed by atoms with Crippen molar-refractivity contribution in [3.63, 3.8) is 0 Å². The van der Waals surface area contributed by atoms with Crippen LogP contribution in [0.3, 0.4) is 0 Å². The topological polar surface area (TPSA) is 52.6 Å². The molecule has 1 heterocycles. The average molecular weight is 296 g/mol. The summed E-state index contributed by atoms with van der Waals surface area (Å²) in [4.78, 5) is 14.4. The number of hydrogen-bond acceptors (Lipinski definition) is 3. The van der Waals surface area contributed by atoms with Crippen molar-refractivity contribution in [2.75, 3.05) is 19.6 Å². The SMILES string of the molecule is CC1CCN(CCC2CCCC2(NC(C)C)C(=O)O)CC1. The third-order valence-corrected chi connectivity index (χ3v) is 5.42. The van der Waals surface area contributed by atoms with Crippen molar-refractivity contribution < 1.29 is 9.90 Å². The van der Waals surface area contributed by atoms with Crippen molar-refractivity contribution in [2.24, 2.45) is 11.8 Å². The quantitative estimate of drug-likeness (QED) is 0.791. The molecule has 21 heavy (non-hydrogen) atoms. The lowest BCUT2D eigenvalue weighted by Gasteiger charge is -2.36. The van der Waals surface area contributed by atoms with Gasteiger partial charge in [0.25, 0.3) is 0 Å². The second-order valence-electron chi connectivity index (χ2n) is 7.48. The third-order valence-electron chi connectivity index (χ3n) is 5.42. The molecule has 0 spiro atoms. The first-order valence-electron chi connectivity index (χ1n) is 8.67. The molecule has 122 valence electrons. The summed E-state index contributed by atoms with van der Waals surface area (Å²) in [6, 6.07) is 0.220. The standard InChI is InChI=1S/C17H32N2O2/c1-13(2)18-17(16(20)21)9-4-5-15(17)8-12-19-10-6-14(3)7-11-19/h13-15,18H,4-12H2,1-3H3,(H,20,21). The summed E-state index contributed by atoms with van der Waals surface area (Å²) in [7, 11) is 0. The highest BCUT2D eigenvalue weighted by atomic mass is 16.4. The summed E-state index contributed by atoms with van der Waals surface area (Å²) in [5, 5.41) is 13.2. The van der Waals surface area contributed by atoms with Crippen molar-refractivity contribution in [1.29, 1.82) is 0 Å². The van der Waals surface area contributed by atoms with Gasteiger partial charge < -0.3 is 10.0 Å². The highest BCUT2D eigenvalue weighted by Gasteiger charge is 2.49. The molecular formula is C17H32N2O2. The second-order valence-corrected chi connectivity index (χ2v) is 7.48. The maximum absolute atomic E-state index is 11.9. The summed E-state index contributed by atoms with van der Waals surface area (Å²) in [6.07, 6.45) is 6.46. The van der Waals surface area contributed by atoms with E-state index in [-0.39, 0.29) is 12.0 Å². The Morgan fingerprint density at radius 3 is 2.57 bits per heavy atom. The molecule has 2 unspecified atom stereocenters. The van der Waals surface area contributed by atoms with Gasteiger partial charge in [-0.3, -0.25) is 10.1 Å². The van der Waals surface area contributed by atoms with Crippen molar-refractivity contribution in [2.45, 2.75) is 70.9 Å². The molecule has 1 aliphatic heterocycles. The maximum Gasteiger partial charge on any atom is 0.324 e. The average Bonchev–Trinajstić information content (AvgIpc) is 2.81. The predicted octanol–water partition coefficient (Wildman–Crippen LogP) is 2.73. The summed E-state index contributed by atoms with van der Waals surface area (Å²) in [5.74, 6) is 0.483. The highest BCUT2D eigenvalue weighted by Crippen LogP contribution is 2.39. The Morgan fingerprint density at radius 2 is 2.00 bits per heavy atom. The molecule has 0 bridgehead atoms. The zero-order valence-corrected chi connectivity index (χ0v) is 13.9. The van der Waals surface area contributed by atoms with E-state index in [1.807, 2.05) is 13.8 Å². The smallest absolute Gasteiger partial charge is 0.324 e. The van der Waals surface area contributed by atoms with E-state index in [1.54, 1.807) is 0 Å². The molecule has 2 fully saturated rings. The minimum Gasteiger partial charge on any atom is -0.480 e. The van der Waals surface area contributed by atoms with E-state index in [2.05, 4.69) is 17.1 Å². The molecule has 1 aliphatic carbocycles. The van der Waals surface area contributed by atoms with Crippen molar-refractivity contribution >= 4 is 5.97 Å². The fourth-order valence-electron chi connectivity index (χ4n) is 4.14. The number of carbonyl (C=O) groups is 1. The van der Waals surface area contributed by atoms with Crippen LogP contribution in [0.1, 0.15) is 59.3 Å². The number of piperidine rings is 1. The first-order valence-corrected chi connectivity index (χ1v) is 8.67. The molecule has 2 N–H and O–H groups in total. The van der Waals surface area contributed by atoms with Gasteiger partial charge in [0.2, 0.25) is 0 Å². The predicted molar refractivity (Wildman–Crippen MR) is 85.4 cm³/mol. The van der Waals surface area contributed by atoms with E-state index in [4.69, 9.17) is 0 Å². The van der Waals surface area contributed by atoms with Crippen molar-refractivity contribution in [1.82, 2.24) is 10.2 Å². The maximum atomic E-state index is 11.9. The van der Waals surface area contributed by atoms with Crippen molar-refractivity contribution in [3.8, 4) is 0 Å². The zero-order chi connectivity index (χ0) is 15.5. The van der Waals surface area contributed by atoms with Crippen LogP contribution in [-0.4, -0.2) is 47.2 Å². The van der Waals surface area contributed by atoms with E-state index >= 15 is 0 Å². The summed E-state index contributed by atoms with van der Waals surface area (Å²) in [6.45, 7) is 9.86. The lowest BCUT2D eigenvalue weighted by Crippen LogP contribution is -2.57. The van der Waals surface area contributed by atoms with Gasteiger partial charge in [0.1, 0.15) is 5.54 Å². The van der Waals surface area contributed by atoms with Gasteiger partial charge >= 0.3 is 5.97 Å². The van der Waals surface area contributed by atoms with Crippen molar-refractivity contribution in [3.05, 3.63) is 0 Å². The number of carboxylic acid groups (broad SMARTS) is 1. The van der Waals surface area contributed by atoms with Crippen LogP contribution >= 0.6 is 0 Å². The molecule has 1 saturated carbocycles. The van der Waals surface area contributed by atoms with E-state index in [0.717, 1.165) is 38.1 Å². The van der Waals surface area contributed by atoms with Gasteiger partial charge in [-0.05, 0) is 77.4 Å². The molecule has 0 radical (unpaired) electrons. The summed E-state index contributed by atoms with van der Waals surface area (Å²) >= 11 is 0. The van der Waals surface area contributed by atoms with Gasteiger partial charge in [-0.1, -0.05) is 13.3 Å². The van der Waals surface area contributed by atoms with Crippen LogP contribution < -0.4 is 5.32 Å². The Bertz CT molecular complexity index is 351. The molecule has 2 aliphatic rings. The number of nitrogens with zero attached hydrogens (tertiary/aromatic N) is 1. The lowest BCUT2D eigenvalue weighted by atomic mass is 9.83. The van der Waals surface area contributed by atoms with Gasteiger partial charge in [-0.25, -0.2) is 0 Å². The van der Waals surface area contributed by atoms with Crippen LogP contribution in [0.2, 0.25) is 0 Å². The molecule has 4 nitrogen and oxygen atoms in total. The van der Waals surface area contributed by atoms with Gasteiger partial charge in [0.05, 0.1) is 0 Å². The molecule has 0 aromatic rings. The number of nitrogens with one attached hydrogen (secondary N) is 1. The molecule has 0 amide bonds. The number of aliphatic carboxylic acids is 1. The van der Waals surface area contributed by atoms with E-state index in [0.29, 0.717) is 0 Å². The van der Waals surface area contributed by atoms with E-state index < -0.39 is 11.5 Å². The Balaban J connectivity index is 1.92. The largest absolute Gasteiger partial charge is 0.480 e. The number of hydrogen-bond donors (Lipinski definition) is 2. The summed E-state index contributed by atoms with van der Waals surface area (Å²) in [5.41, 5.74) is -0.683. The molecule has 1 saturated heterocycles. The molecule has 2 rings (SSSR count). The lowest BCUT2D eigenvalue weighted by molar-refractivity contribution is -0.147. The normalized spacial score (nSPS) is 31.9. The van der Waals surface area contributed by atoms with Crippen LogP contribution in [0.5, 0.6) is 0 Å². The fourth-order valence-corrected chi connectivity index (χ4v) is 4.14. The first kappa shape index (κ1) is 16.8. The van der Waals surface area contributed by atoms with Crippen LogP contribution in [0, 0.1) is 11.8 Å². The Morgan fingerprint density at radius 1 is 1.33 bits per heavy atom. The minimum absolute atomic E-state index is 0.220. The minimum atomic E-state index is -0.683. The molecule has 0 aromatic heterocycles. The number of rotatable bonds is 6. The Labute approximate surface area is 129 Å². The summed E-state index contributed by atoms with van der Waals surface area (Å²) < 4.78 is 0. The van der Waals surface area contributed by atoms with Gasteiger partial charge in [-0.2, -0.15) is 0 Å². The van der Waals surface area contributed by atoms with Gasteiger partial charge in [0.15, 0.2) is 0 Å². The highest BCUT2D eigenvalue weighted by molar-refractivity contribution is 5.79. The van der Waals surface area contributed by atoms with Gasteiger partial charge in [0, 0.05) is 6.04 Å². The number of carboxylic acids is 1. The van der Waals surface area contributed by atoms with Crippen LogP contribution in [-0.2, 0) is 4.79 Å². The fraction of sp³-hybridized carbons (Fsp3) is 0.941. The number of likely N-dealkylation sites (tertiary alicyclic amines) is 1. The second kappa shape index (κ2) is 7.10. The van der Waals surface area contributed by atoms with Crippen LogP contribution in [0.25, 0.3) is 0 Å². The monoisotopic (exact) mass is 296 g/mol. The Kier molecular flexibility index (Phi) is 5.67. The van der Waals surface area contributed by atoms with Crippen LogP contribution in [0.15, 0.2) is 0 Å². The third kappa shape index (κ3) is 3.98. The van der Waals surface area contributed by atoms with E-state index in [1.165, 1.54) is 25.9 Å². The molecule has 4 heteroatoms. The zero-order valence-electron chi connectivity index (χ0n) is 13.9. The Hall–Kier alpha value is -0.610.